The van der Waals surface area contributed by atoms with E-state index in [1.165, 1.54) is 37.7 Å². The number of carbonyl (C=O) groups is 1. The molecule has 0 unspecified atom stereocenters. The fourth-order valence-electron chi connectivity index (χ4n) is 2.32. The number of halogens is 1. The number of rotatable bonds is 3. The van der Waals surface area contributed by atoms with Gasteiger partial charge < -0.3 is 0 Å². The maximum absolute atomic E-state index is 11.4. The fraction of sp³-hybridized carbons (Fsp3) is 0.538. The molecule has 0 aliphatic heterocycles. The summed E-state index contributed by atoms with van der Waals surface area (Å²) >= 11 is 3.16. The zero-order valence-electron chi connectivity index (χ0n) is 9.29. The number of hydrogen-bond acceptors (Lipinski definition) is 2. The third kappa shape index (κ3) is 2.70. The third-order valence-corrected chi connectivity index (χ3v) is 3.78. The molecule has 1 fully saturated rings. The molecule has 1 aliphatic carbocycles. The zero-order chi connectivity index (χ0) is 11.4. The standard InChI is InChI=1S/C13H16BrNO/c14-8-13(16)12-7-6-11(9-15-12)10-4-2-1-3-5-10/h6-7,9-10H,1-5,8H2. The van der Waals surface area contributed by atoms with Gasteiger partial charge in [0.2, 0.25) is 0 Å². The van der Waals surface area contributed by atoms with Crippen molar-refractivity contribution in [2.45, 2.75) is 38.0 Å². The number of hydrogen-bond donors (Lipinski definition) is 0. The molecule has 0 atom stereocenters. The Balaban J connectivity index is 2.09. The zero-order valence-corrected chi connectivity index (χ0v) is 10.9. The van der Waals surface area contributed by atoms with Crippen molar-refractivity contribution in [3.8, 4) is 0 Å². The van der Waals surface area contributed by atoms with Gasteiger partial charge in [0.1, 0.15) is 5.69 Å². The van der Waals surface area contributed by atoms with Gasteiger partial charge in [0.25, 0.3) is 0 Å². The van der Waals surface area contributed by atoms with Gasteiger partial charge in [0, 0.05) is 6.20 Å². The molecule has 3 heteroatoms. The van der Waals surface area contributed by atoms with E-state index in [9.17, 15) is 4.79 Å². The Bertz CT molecular complexity index is 355. The maximum Gasteiger partial charge on any atom is 0.191 e. The Morgan fingerprint density at radius 2 is 2.06 bits per heavy atom. The van der Waals surface area contributed by atoms with Crippen molar-refractivity contribution in [1.82, 2.24) is 4.98 Å². The number of Topliss-reactive ketones (excluding diaryl/α,β-unsaturated/α-hetero) is 1. The Morgan fingerprint density at radius 3 is 2.62 bits per heavy atom. The van der Waals surface area contributed by atoms with Crippen molar-refractivity contribution in [3.05, 3.63) is 29.6 Å². The lowest BCUT2D eigenvalue weighted by Crippen LogP contribution is -2.07. The topological polar surface area (TPSA) is 30.0 Å². The van der Waals surface area contributed by atoms with Crippen molar-refractivity contribution >= 4 is 21.7 Å². The lowest BCUT2D eigenvalue weighted by Gasteiger charge is -2.21. The molecule has 0 bridgehead atoms. The maximum atomic E-state index is 11.4. The van der Waals surface area contributed by atoms with E-state index < -0.39 is 0 Å². The van der Waals surface area contributed by atoms with E-state index in [-0.39, 0.29) is 5.78 Å². The highest BCUT2D eigenvalue weighted by Crippen LogP contribution is 2.32. The van der Waals surface area contributed by atoms with Gasteiger partial charge in [0.05, 0.1) is 5.33 Å². The van der Waals surface area contributed by atoms with E-state index >= 15 is 0 Å². The first-order valence-corrected chi connectivity index (χ1v) is 6.98. The predicted octanol–water partition coefficient (Wildman–Crippen LogP) is 3.71. The average molecular weight is 282 g/mol. The van der Waals surface area contributed by atoms with Gasteiger partial charge in [-0.05, 0) is 30.4 Å². The number of aromatic nitrogens is 1. The van der Waals surface area contributed by atoms with Gasteiger partial charge in [-0.25, -0.2) is 0 Å². The summed E-state index contributed by atoms with van der Waals surface area (Å²) in [7, 11) is 0. The Kier molecular flexibility index (Phi) is 4.10. The van der Waals surface area contributed by atoms with Crippen LogP contribution in [0.15, 0.2) is 18.3 Å². The molecule has 0 saturated heterocycles. The summed E-state index contributed by atoms with van der Waals surface area (Å²) in [5, 5.41) is 0.350. The molecular formula is C13H16BrNO. The van der Waals surface area contributed by atoms with Crippen LogP contribution in [0.1, 0.15) is 54.1 Å². The Labute approximate surface area is 105 Å². The predicted molar refractivity (Wildman–Crippen MR) is 68.2 cm³/mol. The molecular weight excluding hydrogens is 266 g/mol. The van der Waals surface area contributed by atoms with Crippen molar-refractivity contribution in [2.24, 2.45) is 0 Å². The first kappa shape index (κ1) is 11.8. The summed E-state index contributed by atoms with van der Waals surface area (Å²) in [5.74, 6) is 0.713. The van der Waals surface area contributed by atoms with Crippen LogP contribution in [-0.2, 0) is 0 Å². The molecule has 0 N–H and O–H groups in total. The van der Waals surface area contributed by atoms with E-state index in [1.54, 1.807) is 0 Å². The van der Waals surface area contributed by atoms with Crippen molar-refractivity contribution < 1.29 is 4.79 Å². The second-order valence-corrected chi connectivity index (χ2v) is 4.93. The number of nitrogens with zero attached hydrogens (tertiary/aromatic N) is 1. The minimum atomic E-state index is 0.0511. The highest BCUT2D eigenvalue weighted by molar-refractivity contribution is 9.09. The van der Waals surface area contributed by atoms with Crippen molar-refractivity contribution in [2.75, 3.05) is 5.33 Å². The molecule has 0 aromatic carbocycles. The first-order chi connectivity index (χ1) is 7.81. The molecule has 2 nitrogen and oxygen atoms in total. The van der Waals surface area contributed by atoms with Gasteiger partial charge >= 0.3 is 0 Å². The largest absolute Gasteiger partial charge is 0.291 e. The second kappa shape index (κ2) is 5.58. The summed E-state index contributed by atoms with van der Waals surface area (Å²) in [4.78, 5) is 15.6. The van der Waals surface area contributed by atoms with Crippen LogP contribution in [-0.4, -0.2) is 16.1 Å². The van der Waals surface area contributed by atoms with E-state index in [0.717, 1.165) is 0 Å². The SMILES string of the molecule is O=C(CBr)c1ccc(C2CCCCC2)cn1. The number of alkyl halides is 1. The van der Waals surface area contributed by atoms with Crippen LogP contribution in [0.2, 0.25) is 0 Å². The van der Waals surface area contributed by atoms with Gasteiger partial charge in [-0.15, -0.1) is 0 Å². The van der Waals surface area contributed by atoms with Crippen LogP contribution in [0.5, 0.6) is 0 Å². The number of pyridine rings is 1. The molecule has 0 amide bonds. The molecule has 0 spiro atoms. The quantitative estimate of drug-likeness (QED) is 0.625. The van der Waals surface area contributed by atoms with Crippen LogP contribution in [0.25, 0.3) is 0 Å². The van der Waals surface area contributed by atoms with Crippen LogP contribution >= 0.6 is 15.9 Å². The van der Waals surface area contributed by atoms with Crippen LogP contribution in [0, 0.1) is 0 Å². The normalized spacial score (nSPS) is 17.3. The molecule has 0 radical (unpaired) electrons. The molecule has 1 heterocycles. The summed E-state index contributed by atoms with van der Waals surface area (Å²) in [6.45, 7) is 0. The van der Waals surface area contributed by atoms with Crippen LogP contribution in [0.4, 0.5) is 0 Å². The fourth-order valence-corrected chi connectivity index (χ4v) is 2.60. The third-order valence-electron chi connectivity index (χ3n) is 3.27. The Morgan fingerprint density at radius 1 is 1.31 bits per heavy atom. The van der Waals surface area contributed by atoms with E-state index in [2.05, 4.69) is 27.0 Å². The minimum absolute atomic E-state index is 0.0511. The second-order valence-electron chi connectivity index (χ2n) is 4.37. The van der Waals surface area contributed by atoms with Crippen LogP contribution < -0.4 is 0 Å². The summed E-state index contributed by atoms with van der Waals surface area (Å²) in [6, 6.07) is 3.92. The summed E-state index contributed by atoms with van der Waals surface area (Å²) in [5.41, 5.74) is 1.86. The molecule has 1 saturated carbocycles. The highest BCUT2D eigenvalue weighted by Gasteiger charge is 2.16. The minimum Gasteiger partial charge on any atom is -0.291 e. The van der Waals surface area contributed by atoms with Gasteiger partial charge in [-0.2, -0.15) is 0 Å². The molecule has 2 rings (SSSR count). The van der Waals surface area contributed by atoms with E-state index in [4.69, 9.17) is 0 Å². The molecule has 86 valence electrons. The molecule has 1 aromatic rings. The van der Waals surface area contributed by atoms with Crippen LogP contribution in [0.3, 0.4) is 0 Å². The van der Waals surface area contributed by atoms with Crippen molar-refractivity contribution in [1.29, 1.82) is 0 Å². The number of ketones is 1. The smallest absolute Gasteiger partial charge is 0.191 e. The van der Waals surface area contributed by atoms with E-state index in [0.29, 0.717) is 16.9 Å². The van der Waals surface area contributed by atoms with Gasteiger partial charge in [0.15, 0.2) is 5.78 Å². The monoisotopic (exact) mass is 281 g/mol. The average Bonchev–Trinajstić information content (AvgIpc) is 2.39. The van der Waals surface area contributed by atoms with Gasteiger partial charge in [-0.3, -0.25) is 9.78 Å². The van der Waals surface area contributed by atoms with E-state index in [1.807, 2.05) is 12.3 Å². The molecule has 1 aromatic heterocycles. The lowest BCUT2D eigenvalue weighted by molar-refractivity contribution is 0.101. The van der Waals surface area contributed by atoms with Gasteiger partial charge in [-0.1, -0.05) is 41.3 Å². The first-order valence-electron chi connectivity index (χ1n) is 5.86. The lowest BCUT2D eigenvalue weighted by atomic mass is 9.85. The summed E-state index contributed by atoms with van der Waals surface area (Å²) < 4.78 is 0. The number of carbonyl (C=O) groups excluding carboxylic acids is 1. The van der Waals surface area contributed by atoms with Crippen molar-refractivity contribution in [3.63, 3.8) is 0 Å². The molecule has 1 aliphatic rings. The highest BCUT2D eigenvalue weighted by atomic mass is 79.9. The molecule has 16 heavy (non-hydrogen) atoms. The Hall–Kier alpha value is -0.700. The summed E-state index contributed by atoms with van der Waals surface area (Å²) in [6.07, 6.45) is 8.44.